The molecular formula is C14H18N4. The topological polar surface area (TPSA) is 55.0 Å². The number of hydrogen-bond acceptors (Lipinski definition) is 4. The molecule has 0 atom stereocenters. The van der Waals surface area contributed by atoms with E-state index in [1.807, 2.05) is 50.6 Å². The Morgan fingerprint density at radius 2 is 1.89 bits per heavy atom. The maximum Gasteiger partial charge on any atom is 0.151 e. The summed E-state index contributed by atoms with van der Waals surface area (Å²) in [6, 6.07) is 7.89. The molecule has 4 heteroatoms. The highest BCUT2D eigenvalue weighted by Crippen LogP contribution is 2.19. The third kappa shape index (κ3) is 2.97. The summed E-state index contributed by atoms with van der Waals surface area (Å²) in [5.74, 6) is 0.851. The molecule has 0 fully saturated rings. The standard InChI is InChI=1S/C14H18N4/c1-11-3-4-13(15)14(17-11)18(2)10-7-12-5-8-16-9-6-12/h3-6,8-9H,7,10,15H2,1-2H3. The van der Waals surface area contributed by atoms with Crippen molar-refractivity contribution in [2.45, 2.75) is 13.3 Å². The van der Waals surface area contributed by atoms with E-state index in [1.54, 1.807) is 0 Å². The zero-order chi connectivity index (χ0) is 13.0. The van der Waals surface area contributed by atoms with Gasteiger partial charge in [-0.2, -0.15) is 0 Å². The highest BCUT2D eigenvalue weighted by molar-refractivity contribution is 5.62. The fourth-order valence-corrected chi connectivity index (χ4v) is 1.81. The number of hydrogen-bond donors (Lipinski definition) is 1. The van der Waals surface area contributed by atoms with E-state index in [2.05, 4.69) is 14.9 Å². The summed E-state index contributed by atoms with van der Waals surface area (Å²) in [5, 5.41) is 0. The number of nitrogens with two attached hydrogens (primary N) is 1. The number of rotatable bonds is 4. The Labute approximate surface area is 107 Å². The molecule has 0 spiro atoms. The van der Waals surface area contributed by atoms with Crippen molar-refractivity contribution >= 4 is 11.5 Å². The van der Waals surface area contributed by atoms with Crippen molar-refractivity contribution in [2.75, 3.05) is 24.2 Å². The molecule has 0 aliphatic carbocycles. The van der Waals surface area contributed by atoms with Crippen LogP contribution < -0.4 is 10.6 Å². The van der Waals surface area contributed by atoms with E-state index in [9.17, 15) is 0 Å². The van der Waals surface area contributed by atoms with Crippen LogP contribution in [0.25, 0.3) is 0 Å². The largest absolute Gasteiger partial charge is 0.396 e. The zero-order valence-electron chi connectivity index (χ0n) is 10.8. The summed E-state index contributed by atoms with van der Waals surface area (Å²) in [6.07, 6.45) is 4.58. The summed E-state index contributed by atoms with van der Waals surface area (Å²) >= 11 is 0. The molecule has 0 unspecified atom stereocenters. The highest BCUT2D eigenvalue weighted by Gasteiger charge is 2.07. The second-order valence-electron chi connectivity index (χ2n) is 4.39. The summed E-state index contributed by atoms with van der Waals surface area (Å²) in [4.78, 5) is 10.6. The molecule has 18 heavy (non-hydrogen) atoms. The number of aromatic nitrogens is 2. The highest BCUT2D eigenvalue weighted by atomic mass is 15.2. The molecule has 0 aromatic carbocycles. The van der Waals surface area contributed by atoms with Gasteiger partial charge < -0.3 is 10.6 Å². The van der Waals surface area contributed by atoms with Crippen LogP contribution in [-0.4, -0.2) is 23.6 Å². The quantitative estimate of drug-likeness (QED) is 0.891. The Kier molecular flexibility index (Phi) is 3.77. The van der Waals surface area contributed by atoms with E-state index in [1.165, 1.54) is 5.56 Å². The second-order valence-corrected chi connectivity index (χ2v) is 4.39. The zero-order valence-corrected chi connectivity index (χ0v) is 10.8. The number of aryl methyl sites for hydroxylation is 1. The number of pyridine rings is 2. The van der Waals surface area contributed by atoms with E-state index >= 15 is 0 Å². The summed E-state index contributed by atoms with van der Waals surface area (Å²) < 4.78 is 0. The lowest BCUT2D eigenvalue weighted by Crippen LogP contribution is -2.22. The van der Waals surface area contributed by atoms with Crippen molar-refractivity contribution in [2.24, 2.45) is 0 Å². The Bertz CT molecular complexity index is 510. The lowest BCUT2D eigenvalue weighted by Gasteiger charge is -2.20. The van der Waals surface area contributed by atoms with Gasteiger partial charge in [0.05, 0.1) is 5.69 Å². The fraction of sp³-hybridized carbons (Fsp3) is 0.286. The lowest BCUT2D eigenvalue weighted by molar-refractivity contribution is 0.856. The van der Waals surface area contributed by atoms with Crippen molar-refractivity contribution in [1.82, 2.24) is 9.97 Å². The molecule has 0 amide bonds. The molecule has 0 radical (unpaired) electrons. The first-order chi connectivity index (χ1) is 8.66. The van der Waals surface area contributed by atoms with E-state index in [-0.39, 0.29) is 0 Å². The normalized spacial score (nSPS) is 10.3. The monoisotopic (exact) mass is 242 g/mol. The molecule has 2 aromatic rings. The van der Waals surface area contributed by atoms with Crippen molar-refractivity contribution in [3.05, 3.63) is 47.9 Å². The SMILES string of the molecule is Cc1ccc(N)c(N(C)CCc2ccncc2)n1. The number of likely N-dealkylation sites (N-methyl/N-ethyl adjacent to an activating group) is 1. The van der Waals surface area contributed by atoms with E-state index in [0.29, 0.717) is 0 Å². The minimum atomic E-state index is 0.720. The Hall–Kier alpha value is -2.10. The van der Waals surface area contributed by atoms with Gasteiger partial charge in [0.25, 0.3) is 0 Å². The number of nitrogens with zero attached hydrogens (tertiary/aromatic N) is 3. The van der Waals surface area contributed by atoms with Crippen LogP contribution in [0.5, 0.6) is 0 Å². The van der Waals surface area contributed by atoms with Gasteiger partial charge in [0, 0.05) is 31.7 Å². The molecule has 2 heterocycles. The second kappa shape index (κ2) is 5.49. The van der Waals surface area contributed by atoms with Crippen LogP contribution in [0.3, 0.4) is 0 Å². The third-order valence-corrected chi connectivity index (χ3v) is 2.89. The predicted molar refractivity (Wildman–Crippen MR) is 74.6 cm³/mol. The minimum absolute atomic E-state index is 0.720. The average Bonchev–Trinajstić information content (AvgIpc) is 2.40. The third-order valence-electron chi connectivity index (χ3n) is 2.89. The van der Waals surface area contributed by atoms with Crippen LogP contribution in [0.15, 0.2) is 36.7 Å². The molecule has 94 valence electrons. The van der Waals surface area contributed by atoms with Crippen molar-refractivity contribution < 1.29 is 0 Å². The molecule has 4 nitrogen and oxygen atoms in total. The van der Waals surface area contributed by atoms with Crippen LogP contribution in [0.1, 0.15) is 11.3 Å². The first-order valence-electron chi connectivity index (χ1n) is 6.00. The van der Waals surface area contributed by atoms with Crippen LogP contribution in [0.2, 0.25) is 0 Å². The summed E-state index contributed by atoms with van der Waals surface area (Å²) in [6.45, 7) is 2.85. The van der Waals surface area contributed by atoms with E-state index in [0.717, 1.165) is 30.2 Å². The molecule has 2 aromatic heterocycles. The first kappa shape index (κ1) is 12.4. The van der Waals surface area contributed by atoms with Gasteiger partial charge in [-0.3, -0.25) is 4.98 Å². The van der Waals surface area contributed by atoms with Gasteiger partial charge in [0.1, 0.15) is 0 Å². The molecular weight excluding hydrogens is 224 g/mol. The van der Waals surface area contributed by atoms with Crippen LogP contribution in [-0.2, 0) is 6.42 Å². The Morgan fingerprint density at radius 3 is 2.61 bits per heavy atom. The lowest BCUT2D eigenvalue weighted by atomic mass is 10.2. The Morgan fingerprint density at radius 1 is 1.17 bits per heavy atom. The minimum Gasteiger partial charge on any atom is -0.396 e. The molecule has 2 rings (SSSR count). The smallest absolute Gasteiger partial charge is 0.151 e. The van der Waals surface area contributed by atoms with Gasteiger partial charge in [-0.25, -0.2) is 4.98 Å². The van der Waals surface area contributed by atoms with Crippen molar-refractivity contribution in [3.8, 4) is 0 Å². The maximum atomic E-state index is 5.95. The van der Waals surface area contributed by atoms with Gasteiger partial charge in [-0.1, -0.05) is 0 Å². The van der Waals surface area contributed by atoms with Crippen LogP contribution >= 0.6 is 0 Å². The van der Waals surface area contributed by atoms with Gasteiger partial charge >= 0.3 is 0 Å². The molecule has 0 saturated heterocycles. The molecule has 0 aliphatic rings. The molecule has 0 saturated carbocycles. The summed E-state index contributed by atoms with van der Waals surface area (Å²) in [5.41, 5.74) is 8.91. The maximum absolute atomic E-state index is 5.95. The fourth-order valence-electron chi connectivity index (χ4n) is 1.81. The first-order valence-corrected chi connectivity index (χ1v) is 6.00. The average molecular weight is 242 g/mol. The van der Waals surface area contributed by atoms with Crippen molar-refractivity contribution in [3.63, 3.8) is 0 Å². The molecule has 0 bridgehead atoms. The van der Waals surface area contributed by atoms with Gasteiger partial charge in [0.15, 0.2) is 5.82 Å². The Balaban J connectivity index is 2.03. The van der Waals surface area contributed by atoms with Gasteiger partial charge in [0.2, 0.25) is 0 Å². The summed E-state index contributed by atoms with van der Waals surface area (Å²) in [7, 11) is 2.01. The van der Waals surface area contributed by atoms with Crippen molar-refractivity contribution in [1.29, 1.82) is 0 Å². The van der Waals surface area contributed by atoms with Gasteiger partial charge in [-0.15, -0.1) is 0 Å². The van der Waals surface area contributed by atoms with Gasteiger partial charge in [-0.05, 0) is 43.2 Å². The van der Waals surface area contributed by atoms with E-state index in [4.69, 9.17) is 5.73 Å². The van der Waals surface area contributed by atoms with Crippen LogP contribution in [0, 0.1) is 6.92 Å². The molecule has 0 aliphatic heterocycles. The predicted octanol–water partition coefficient (Wildman–Crippen LogP) is 2.05. The number of anilines is 2. The van der Waals surface area contributed by atoms with Crippen LogP contribution in [0.4, 0.5) is 11.5 Å². The number of nitrogen functional groups attached to an aromatic ring is 1. The molecule has 2 N–H and O–H groups in total. The van der Waals surface area contributed by atoms with E-state index < -0.39 is 0 Å².